The molecule has 0 bridgehead atoms. The molecule has 1 aromatic carbocycles. The highest BCUT2D eigenvalue weighted by Gasteiger charge is 2.36. The second-order valence-electron chi connectivity index (χ2n) is 5.36. The van der Waals surface area contributed by atoms with Gasteiger partial charge in [-0.15, -0.1) is 0 Å². The highest BCUT2D eigenvalue weighted by molar-refractivity contribution is 7.89. The summed E-state index contributed by atoms with van der Waals surface area (Å²) < 4.78 is 47.9. The third-order valence-electron chi connectivity index (χ3n) is 3.69. The molecule has 0 aliphatic carbocycles. The van der Waals surface area contributed by atoms with Gasteiger partial charge < -0.3 is 4.74 Å². The van der Waals surface area contributed by atoms with E-state index in [1.54, 1.807) is 20.9 Å². The first-order chi connectivity index (χ1) is 10.3. The zero-order chi connectivity index (χ0) is 16.1. The Morgan fingerprint density at radius 3 is 2.77 bits per heavy atom. The van der Waals surface area contributed by atoms with Gasteiger partial charge in [0.1, 0.15) is 17.7 Å². The SMILES string of the molecule is Cc1cnn(C)c1S(=O)(=O)N[C@@H]1c2ccc(F)cc2O[C@@H]1C. The van der Waals surface area contributed by atoms with Gasteiger partial charge in [-0.25, -0.2) is 12.8 Å². The maximum atomic E-state index is 13.3. The molecule has 0 unspecified atom stereocenters. The Morgan fingerprint density at radius 2 is 2.14 bits per heavy atom. The van der Waals surface area contributed by atoms with Crippen molar-refractivity contribution < 1.29 is 17.5 Å². The van der Waals surface area contributed by atoms with Gasteiger partial charge in [0, 0.05) is 24.2 Å². The molecule has 0 amide bonds. The highest BCUT2D eigenvalue weighted by atomic mass is 32.2. The van der Waals surface area contributed by atoms with Gasteiger partial charge in [0.15, 0.2) is 5.03 Å². The quantitative estimate of drug-likeness (QED) is 0.931. The molecule has 1 aliphatic heterocycles. The van der Waals surface area contributed by atoms with Gasteiger partial charge in [0.05, 0.1) is 12.2 Å². The van der Waals surface area contributed by atoms with Gasteiger partial charge in [0.2, 0.25) is 0 Å². The van der Waals surface area contributed by atoms with Crippen LogP contribution in [-0.2, 0) is 17.1 Å². The average molecular weight is 325 g/mol. The smallest absolute Gasteiger partial charge is 0.258 e. The molecule has 1 aromatic heterocycles. The Morgan fingerprint density at radius 1 is 1.41 bits per heavy atom. The number of aryl methyl sites for hydroxylation is 2. The molecule has 2 aromatic rings. The van der Waals surface area contributed by atoms with Crippen molar-refractivity contribution in [1.82, 2.24) is 14.5 Å². The topological polar surface area (TPSA) is 73.2 Å². The van der Waals surface area contributed by atoms with Crippen LogP contribution >= 0.6 is 0 Å². The summed E-state index contributed by atoms with van der Waals surface area (Å²) in [6.45, 7) is 3.42. The monoisotopic (exact) mass is 325 g/mol. The molecule has 8 heteroatoms. The van der Waals surface area contributed by atoms with Crippen LogP contribution < -0.4 is 9.46 Å². The van der Waals surface area contributed by atoms with Crippen molar-refractivity contribution >= 4 is 10.0 Å². The van der Waals surface area contributed by atoms with E-state index < -0.39 is 28.0 Å². The fourth-order valence-electron chi connectivity index (χ4n) is 2.69. The van der Waals surface area contributed by atoms with Crippen LogP contribution in [0.3, 0.4) is 0 Å². The number of fused-ring (bicyclic) bond motifs is 1. The van der Waals surface area contributed by atoms with Crippen molar-refractivity contribution in [1.29, 1.82) is 0 Å². The Labute approximate surface area is 128 Å². The predicted molar refractivity (Wildman–Crippen MR) is 77.5 cm³/mol. The second kappa shape index (κ2) is 5.06. The lowest BCUT2D eigenvalue weighted by molar-refractivity contribution is 0.220. The van der Waals surface area contributed by atoms with Gasteiger partial charge in [-0.1, -0.05) is 6.07 Å². The molecule has 2 heterocycles. The zero-order valence-electron chi connectivity index (χ0n) is 12.4. The van der Waals surface area contributed by atoms with Crippen molar-refractivity contribution in [2.24, 2.45) is 7.05 Å². The van der Waals surface area contributed by atoms with Gasteiger partial charge in [-0.05, 0) is 19.9 Å². The first-order valence-corrected chi connectivity index (χ1v) is 8.25. The largest absolute Gasteiger partial charge is 0.488 e. The lowest BCUT2D eigenvalue weighted by Crippen LogP contribution is -2.35. The van der Waals surface area contributed by atoms with Crippen molar-refractivity contribution in [3.8, 4) is 5.75 Å². The van der Waals surface area contributed by atoms with Crippen LogP contribution in [0.1, 0.15) is 24.1 Å². The Balaban J connectivity index is 1.97. The Hall–Kier alpha value is -1.93. The van der Waals surface area contributed by atoms with Crippen LogP contribution in [0, 0.1) is 12.7 Å². The fraction of sp³-hybridized carbons (Fsp3) is 0.357. The number of ether oxygens (including phenoxy) is 1. The number of halogens is 1. The minimum atomic E-state index is -3.77. The van der Waals surface area contributed by atoms with Gasteiger partial charge in [-0.3, -0.25) is 4.68 Å². The van der Waals surface area contributed by atoms with E-state index in [4.69, 9.17) is 4.74 Å². The molecule has 0 spiro atoms. The van der Waals surface area contributed by atoms with Crippen LogP contribution in [-0.4, -0.2) is 24.3 Å². The summed E-state index contributed by atoms with van der Waals surface area (Å²) >= 11 is 0. The summed E-state index contributed by atoms with van der Waals surface area (Å²) in [6, 6.07) is 3.51. The third kappa shape index (κ3) is 2.38. The van der Waals surface area contributed by atoms with E-state index >= 15 is 0 Å². The summed E-state index contributed by atoms with van der Waals surface area (Å²) in [5, 5.41) is 4.06. The number of sulfonamides is 1. The van der Waals surface area contributed by atoms with E-state index in [-0.39, 0.29) is 5.03 Å². The fourth-order valence-corrected chi connectivity index (χ4v) is 4.33. The van der Waals surface area contributed by atoms with Crippen LogP contribution in [0.4, 0.5) is 4.39 Å². The van der Waals surface area contributed by atoms with Crippen LogP contribution in [0.15, 0.2) is 29.4 Å². The molecule has 1 N–H and O–H groups in total. The van der Waals surface area contributed by atoms with Crippen molar-refractivity contribution in [2.45, 2.75) is 31.0 Å². The molecule has 3 rings (SSSR count). The van der Waals surface area contributed by atoms with E-state index in [0.29, 0.717) is 16.9 Å². The average Bonchev–Trinajstić information content (AvgIpc) is 2.90. The molecule has 22 heavy (non-hydrogen) atoms. The number of hydrogen-bond acceptors (Lipinski definition) is 4. The number of benzene rings is 1. The zero-order valence-corrected chi connectivity index (χ0v) is 13.2. The van der Waals surface area contributed by atoms with E-state index in [1.807, 2.05) is 0 Å². The van der Waals surface area contributed by atoms with E-state index in [1.165, 1.54) is 29.1 Å². The molecule has 118 valence electrons. The lowest BCUT2D eigenvalue weighted by Gasteiger charge is -2.17. The molecule has 0 radical (unpaired) electrons. The van der Waals surface area contributed by atoms with E-state index in [9.17, 15) is 12.8 Å². The minimum Gasteiger partial charge on any atom is -0.488 e. The van der Waals surface area contributed by atoms with E-state index in [2.05, 4.69) is 9.82 Å². The molecular weight excluding hydrogens is 309 g/mol. The number of nitrogens with zero attached hydrogens (tertiary/aromatic N) is 2. The Bertz CT molecular complexity index is 812. The summed E-state index contributed by atoms with van der Waals surface area (Å²) in [6.07, 6.45) is 1.06. The second-order valence-corrected chi connectivity index (χ2v) is 6.99. The summed E-state index contributed by atoms with van der Waals surface area (Å²) in [4.78, 5) is 0. The number of nitrogens with one attached hydrogen (secondary N) is 1. The predicted octanol–water partition coefficient (Wildman–Crippen LogP) is 1.67. The van der Waals surface area contributed by atoms with Crippen LogP contribution in [0.5, 0.6) is 5.75 Å². The number of rotatable bonds is 3. The Kier molecular flexibility index (Phi) is 3.45. The molecular formula is C14H16FN3O3S. The molecule has 0 saturated heterocycles. The van der Waals surface area contributed by atoms with Crippen LogP contribution in [0.2, 0.25) is 0 Å². The summed E-state index contributed by atoms with van der Waals surface area (Å²) in [5.74, 6) is -0.0566. The van der Waals surface area contributed by atoms with Gasteiger partial charge in [0.25, 0.3) is 10.0 Å². The first kappa shape index (κ1) is 15.0. The summed E-state index contributed by atoms with van der Waals surface area (Å²) in [5.41, 5.74) is 1.18. The molecule has 1 aliphatic rings. The first-order valence-electron chi connectivity index (χ1n) is 6.76. The number of aromatic nitrogens is 2. The molecule has 0 fully saturated rings. The van der Waals surface area contributed by atoms with Crippen molar-refractivity contribution in [3.63, 3.8) is 0 Å². The molecule has 2 atom stereocenters. The lowest BCUT2D eigenvalue weighted by atomic mass is 10.1. The van der Waals surface area contributed by atoms with E-state index in [0.717, 1.165) is 0 Å². The minimum absolute atomic E-state index is 0.107. The third-order valence-corrected chi connectivity index (χ3v) is 5.34. The molecule has 0 saturated carbocycles. The van der Waals surface area contributed by atoms with Crippen molar-refractivity contribution in [3.05, 3.63) is 41.3 Å². The normalized spacial score (nSPS) is 20.7. The van der Waals surface area contributed by atoms with Crippen LogP contribution in [0.25, 0.3) is 0 Å². The highest BCUT2D eigenvalue weighted by Crippen LogP contribution is 2.37. The van der Waals surface area contributed by atoms with Crippen molar-refractivity contribution in [2.75, 3.05) is 0 Å². The number of hydrogen-bond donors (Lipinski definition) is 1. The standard InChI is InChI=1S/C14H16FN3O3S/c1-8-7-16-18(3)14(8)22(19,20)17-13-9(2)21-12-6-10(15)4-5-11(12)13/h4-7,9,13,17H,1-3H3/t9-,13+/m1/s1. The maximum Gasteiger partial charge on any atom is 0.258 e. The van der Waals surface area contributed by atoms with Gasteiger partial charge >= 0.3 is 0 Å². The summed E-state index contributed by atoms with van der Waals surface area (Å²) in [7, 11) is -2.20. The van der Waals surface area contributed by atoms with Gasteiger partial charge in [-0.2, -0.15) is 9.82 Å². The molecule has 6 nitrogen and oxygen atoms in total. The maximum absolute atomic E-state index is 13.3.